The number of rotatable bonds is 5. The molecule has 2 aromatic rings. The third kappa shape index (κ3) is 9.21. The summed E-state index contributed by atoms with van der Waals surface area (Å²) in [6.45, 7) is 15.5. The maximum atomic E-state index is 13.1. The maximum absolute atomic E-state index is 13.1. The van der Waals surface area contributed by atoms with Crippen molar-refractivity contribution in [1.82, 2.24) is 9.19 Å². The minimum Gasteiger partial charge on any atom is -0.490 e. The van der Waals surface area contributed by atoms with Gasteiger partial charge in [-0.15, -0.1) is 3.89 Å². The number of carbonyl (C=O) groups is 1. The van der Waals surface area contributed by atoms with Gasteiger partial charge in [-0.05, 0) is 52.7 Å². The molecule has 1 aromatic carbocycles. The minimum absolute atomic E-state index is 0.0524. The van der Waals surface area contributed by atoms with Crippen molar-refractivity contribution in [3.05, 3.63) is 30.0 Å². The Balaban J connectivity index is 0.000000884. The van der Waals surface area contributed by atoms with Crippen molar-refractivity contribution in [1.29, 1.82) is 0 Å². The van der Waals surface area contributed by atoms with Gasteiger partial charge in [-0.2, -0.15) is 9.19 Å². The second-order valence-electron chi connectivity index (χ2n) is 8.01. The first-order valence-electron chi connectivity index (χ1n) is 10.8. The number of benzene rings is 1. The summed E-state index contributed by atoms with van der Waals surface area (Å²) in [6.07, 6.45) is 4.28. The van der Waals surface area contributed by atoms with E-state index in [0.717, 1.165) is 22.5 Å². The highest BCUT2D eigenvalue weighted by Gasteiger charge is 2.27. The van der Waals surface area contributed by atoms with Gasteiger partial charge in [0, 0.05) is 5.56 Å². The lowest BCUT2D eigenvalue weighted by atomic mass is 10.1. The summed E-state index contributed by atoms with van der Waals surface area (Å²) in [5, 5.41) is 6.89. The lowest BCUT2D eigenvalue weighted by Crippen LogP contribution is -2.27. The van der Waals surface area contributed by atoms with Gasteiger partial charge in [-0.3, -0.25) is 5.32 Å². The zero-order chi connectivity index (χ0) is 23.6. The van der Waals surface area contributed by atoms with Crippen LogP contribution in [0.25, 0.3) is 11.3 Å². The van der Waals surface area contributed by atoms with Crippen molar-refractivity contribution >= 4 is 24.1 Å². The monoisotopic (exact) mass is 453 g/mol. The van der Waals surface area contributed by atoms with E-state index in [1.165, 1.54) is 12.6 Å². The standard InChI is InChI=1S/C18H22FN3O3S.C3H8.C2H6/c1-11-5-8-15(24-12-6-7-12)13(9-11)16-14(10-22(21-16)26-19)20-17(23)25-18(2,3)4;1-3-2;1-2/h5,8-10,12H,6-7H2,1-4H3,(H,20,23);3H2,1-2H3;1-2H3. The molecule has 1 aliphatic rings. The molecule has 6 nitrogen and oxygen atoms in total. The molecule has 0 unspecified atom stereocenters. The number of ether oxygens (including phenoxy) is 2. The summed E-state index contributed by atoms with van der Waals surface area (Å²) >= 11 is -0.0524. The van der Waals surface area contributed by atoms with Crippen LogP contribution in [0.2, 0.25) is 0 Å². The Hall–Kier alpha value is -2.22. The first-order valence-corrected chi connectivity index (χ1v) is 11.5. The number of halogens is 1. The number of hydrogen-bond acceptors (Lipinski definition) is 5. The molecule has 3 rings (SSSR count). The molecule has 8 heteroatoms. The van der Waals surface area contributed by atoms with Crippen molar-refractivity contribution in [2.24, 2.45) is 0 Å². The van der Waals surface area contributed by atoms with Gasteiger partial charge in [-0.1, -0.05) is 45.7 Å². The van der Waals surface area contributed by atoms with Crippen LogP contribution in [0.15, 0.2) is 24.4 Å². The number of hydrogen-bond donors (Lipinski definition) is 1. The summed E-state index contributed by atoms with van der Waals surface area (Å²) in [5.41, 5.74) is 1.86. The molecular formula is C23H36FN3O3S. The fourth-order valence-electron chi connectivity index (χ4n) is 2.39. The van der Waals surface area contributed by atoms with Gasteiger partial charge in [0.05, 0.1) is 18.0 Å². The highest BCUT2D eigenvalue weighted by molar-refractivity contribution is 7.92. The third-order valence-corrected chi connectivity index (χ3v) is 3.94. The van der Waals surface area contributed by atoms with Gasteiger partial charge in [0.2, 0.25) is 0 Å². The van der Waals surface area contributed by atoms with E-state index in [1.807, 2.05) is 39.0 Å². The van der Waals surface area contributed by atoms with Crippen LogP contribution in [0.3, 0.4) is 0 Å². The molecule has 0 bridgehead atoms. The smallest absolute Gasteiger partial charge is 0.412 e. The van der Waals surface area contributed by atoms with Gasteiger partial charge in [0.25, 0.3) is 0 Å². The zero-order valence-electron chi connectivity index (χ0n) is 19.9. The van der Waals surface area contributed by atoms with Crippen LogP contribution in [0.1, 0.15) is 73.3 Å². The van der Waals surface area contributed by atoms with E-state index in [4.69, 9.17) is 9.47 Å². The first kappa shape index (κ1) is 26.8. The van der Waals surface area contributed by atoms with Crippen LogP contribution in [0.4, 0.5) is 14.4 Å². The fourth-order valence-corrected chi connectivity index (χ4v) is 2.65. The molecule has 1 aromatic heterocycles. The van der Waals surface area contributed by atoms with E-state index in [2.05, 4.69) is 24.3 Å². The quantitative estimate of drug-likeness (QED) is 0.506. The lowest BCUT2D eigenvalue weighted by molar-refractivity contribution is 0.0636. The summed E-state index contributed by atoms with van der Waals surface area (Å²) in [6, 6.07) is 5.73. The molecule has 0 radical (unpaired) electrons. The summed E-state index contributed by atoms with van der Waals surface area (Å²) in [7, 11) is 0. The number of nitrogens with one attached hydrogen (secondary N) is 1. The van der Waals surface area contributed by atoms with Crippen LogP contribution >= 0.6 is 12.3 Å². The highest BCUT2D eigenvalue weighted by Crippen LogP contribution is 2.38. The molecule has 0 saturated heterocycles. The number of aromatic nitrogens is 2. The molecule has 1 fully saturated rings. The second-order valence-corrected chi connectivity index (χ2v) is 8.53. The Bertz CT molecular complexity index is 830. The Morgan fingerprint density at radius 2 is 1.90 bits per heavy atom. The van der Waals surface area contributed by atoms with E-state index >= 15 is 0 Å². The van der Waals surface area contributed by atoms with Gasteiger partial charge >= 0.3 is 6.09 Å². The molecule has 0 aliphatic heterocycles. The van der Waals surface area contributed by atoms with Crippen molar-refractivity contribution in [2.75, 3.05) is 5.32 Å². The van der Waals surface area contributed by atoms with Crippen molar-refractivity contribution in [3.8, 4) is 17.0 Å². The summed E-state index contributed by atoms with van der Waals surface area (Å²) < 4.78 is 25.4. The first-order chi connectivity index (χ1) is 14.7. The summed E-state index contributed by atoms with van der Waals surface area (Å²) in [4.78, 5) is 12.1. The Morgan fingerprint density at radius 1 is 1.29 bits per heavy atom. The molecule has 1 heterocycles. The van der Waals surface area contributed by atoms with Gasteiger partial charge in [-0.25, -0.2) is 4.79 Å². The van der Waals surface area contributed by atoms with E-state index in [-0.39, 0.29) is 18.4 Å². The lowest BCUT2D eigenvalue weighted by Gasteiger charge is -2.19. The Kier molecular flexibility index (Phi) is 10.9. The largest absolute Gasteiger partial charge is 0.490 e. The number of anilines is 1. The van der Waals surface area contributed by atoms with Gasteiger partial charge in [0.1, 0.15) is 17.0 Å². The molecule has 0 atom stereocenters. The number of nitrogens with zero attached hydrogens (tertiary/aromatic N) is 2. The molecular weight excluding hydrogens is 417 g/mol. The normalized spacial score (nSPS) is 12.7. The van der Waals surface area contributed by atoms with Crippen LogP contribution in [-0.4, -0.2) is 27.0 Å². The second kappa shape index (κ2) is 12.6. The molecule has 0 spiro atoms. The number of carbonyl (C=O) groups excluding carboxylic acids is 1. The molecule has 174 valence electrons. The third-order valence-electron chi connectivity index (χ3n) is 3.61. The van der Waals surface area contributed by atoms with Crippen LogP contribution in [0, 0.1) is 6.92 Å². The Morgan fingerprint density at radius 3 is 2.42 bits per heavy atom. The van der Waals surface area contributed by atoms with Gasteiger partial charge < -0.3 is 9.47 Å². The average molecular weight is 454 g/mol. The number of amides is 1. The van der Waals surface area contributed by atoms with Crippen molar-refractivity contribution < 1.29 is 18.2 Å². The average Bonchev–Trinajstić information content (AvgIpc) is 3.42. The minimum atomic E-state index is -0.640. The van der Waals surface area contributed by atoms with E-state index in [1.54, 1.807) is 20.8 Å². The predicted molar refractivity (Wildman–Crippen MR) is 127 cm³/mol. The predicted octanol–water partition coefficient (Wildman–Crippen LogP) is 7.57. The van der Waals surface area contributed by atoms with Crippen molar-refractivity contribution in [2.45, 2.75) is 86.4 Å². The van der Waals surface area contributed by atoms with E-state index in [0.29, 0.717) is 22.7 Å². The molecule has 1 aliphatic carbocycles. The van der Waals surface area contributed by atoms with Gasteiger partial charge in [0.15, 0.2) is 12.3 Å². The summed E-state index contributed by atoms with van der Waals surface area (Å²) in [5.74, 6) is 0.666. The zero-order valence-corrected chi connectivity index (χ0v) is 20.7. The van der Waals surface area contributed by atoms with Crippen LogP contribution in [0.5, 0.6) is 5.75 Å². The van der Waals surface area contributed by atoms with E-state index < -0.39 is 11.7 Å². The van der Waals surface area contributed by atoms with Crippen LogP contribution in [-0.2, 0) is 4.74 Å². The Labute approximate surface area is 190 Å². The SMILES string of the molecule is CC.CCC.Cc1ccc(OC2CC2)c(-c2nn(SF)cc2NC(=O)OC(C)(C)C)c1. The maximum Gasteiger partial charge on any atom is 0.412 e. The molecule has 1 saturated carbocycles. The molecule has 1 N–H and O–H groups in total. The molecule has 1 amide bonds. The van der Waals surface area contributed by atoms with E-state index in [9.17, 15) is 8.68 Å². The highest BCUT2D eigenvalue weighted by atomic mass is 32.2. The topological polar surface area (TPSA) is 65.4 Å². The molecule has 31 heavy (non-hydrogen) atoms. The van der Waals surface area contributed by atoms with Crippen LogP contribution < -0.4 is 10.1 Å². The number of aryl methyl sites for hydroxylation is 1. The van der Waals surface area contributed by atoms with Crippen molar-refractivity contribution in [3.63, 3.8) is 0 Å². The fraction of sp³-hybridized carbons (Fsp3) is 0.565.